The van der Waals surface area contributed by atoms with E-state index >= 15 is 0 Å². The third kappa shape index (κ3) is 5.77. The molecule has 0 unspecified atom stereocenters. The highest BCUT2D eigenvalue weighted by molar-refractivity contribution is 6.32. The van der Waals surface area contributed by atoms with E-state index in [1.807, 2.05) is 6.07 Å². The van der Waals surface area contributed by atoms with Gasteiger partial charge in [0.2, 0.25) is 0 Å². The van der Waals surface area contributed by atoms with Crippen molar-refractivity contribution >= 4 is 29.3 Å². The van der Waals surface area contributed by atoms with Crippen LogP contribution >= 0.6 is 11.6 Å². The molecule has 0 bridgehead atoms. The molecule has 0 radical (unpaired) electrons. The summed E-state index contributed by atoms with van der Waals surface area (Å²) in [5.74, 6) is 0.214. The summed E-state index contributed by atoms with van der Waals surface area (Å²) >= 11 is 6.38. The van der Waals surface area contributed by atoms with Crippen LogP contribution in [0.4, 0.5) is 5.69 Å². The maximum absolute atomic E-state index is 12.4. The minimum absolute atomic E-state index is 0.00855. The zero-order chi connectivity index (χ0) is 23.1. The first kappa shape index (κ1) is 23.1. The first-order chi connectivity index (χ1) is 15.4. The lowest BCUT2D eigenvalue weighted by Gasteiger charge is -2.14. The van der Waals surface area contributed by atoms with Crippen LogP contribution in [-0.2, 0) is 11.4 Å². The van der Waals surface area contributed by atoms with E-state index < -0.39 is 10.8 Å². The number of rotatable bonds is 8. The second-order valence-corrected chi connectivity index (χ2v) is 7.78. The van der Waals surface area contributed by atoms with Gasteiger partial charge in [-0.1, -0.05) is 24.4 Å². The number of nitro benzene ring substituents is 1. The van der Waals surface area contributed by atoms with Gasteiger partial charge in [0, 0.05) is 18.2 Å². The van der Waals surface area contributed by atoms with E-state index in [0.717, 1.165) is 25.7 Å². The van der Waals surface area contributed by atoms with Gasteiger partial charge in [0.25, 0.3) is 11.6 Å². The van der Waals surface area contributed by atoms with Crippen LogP contribution in [0.25, 0.3) is 6.08 Å². The van der Waals surface area contributed by atoms with Gasteiger partial charge < -0.3 is 14.8 Å². The molecular formula is C23H22ClN3O5. The van der Waals surface area contributed by atoms with Crippen LogP contribution in [0.3, 0.4) is 0 Å². The van der Waals surface area contributed by atoms with Gasteiger partial charge in [0.05, 0.1) is 17.1 Å². The second kappa shape index (κ2) is 10.6. The van der Waals surface area contributed by atoms with Gasteiger partial charge in [-0.05, 0) is 54.3 Å². The third-order valence-electron chi connectivity index (χ3n) is 5.15. The lowest BCUT2D eigenvalue weighted by molar-refractivity contribution is -0.384. The summed E-state index contributed by atoms with van der Waals surface area (Å²) < 4.78 is 11.2. The molecule has 0 aliphatic heterocycles. The first-order valence-electron chi connectivity index (χ1n) is 10.1. The molecule has 2 aromatic rings. The molecule has 1 aliphatic rings. The van der Waals surface area contributed by atoms with Crippen molar-refractivity contribution < 1.29 is 19.2 Å². The molecule has 166 valence electrons. The number of nitriles is 1. The molecule has 0 heterocycles. The average molecular weight is 456 g/mol. The van der Waals surface area contributed by atoms with Crippen molar-refractivity contribution in [1.82, 2.24) is 5.32 Å². The van der Waals surface area contributed by atoms with Crippen LogP contribution < -0.4 is 14.8 Å². The highest BCUT2D eigenvalue weighted by atomic mass is 35.5. The molecule has 1 aliphatic carbocycles. The summed E-state index contributed by atoms with van der Waals surface area (Å²) in [6.45, 7) is 0.122. The summed E-state index contributed by atoms with van der Waals surface area (Å²) in [5.41, 5.74) is 1.21. The van der Waals surface area contributed by atoms with Crippen molar-refractivity contribution in [1.29, 1.82) is 5.26 Å². The molecule has 0 aromatic heterocycles. The normalized spacial score (nSPS) is 14.0. The molecule has 1 saturated carbocycles. The van der Waals surface area contributed by atoms with Gasteiger partial charge in [-0.2, -0.15) is 5.26 Å². The summed E-state index contributed by atoms with van der Waals surface area (Å²) in [6.07, 6.45) is 5.45. The number of carbonyl (C=O) groups excluding carboxylic acids is 1. The molecule has 0 spiro atoms. The average Bonchev–Trinajstić information content (AvgIpc) is 3.29. The van der Waals surface area contributed by atoms with Crippen LogP contribution in [0.2, 0.25) is 5.02 Å². The Morgan fingerprint density at radius 3 is 2.59 bits per heavy atom. The Morgan fingerprint density at radius 1 is 1.31 bits per heavy atom. The zero-order valence-electron chi connectivity index (χ0n) is 17.5. The number of nitrogens with one attached hydrogen (secondary N) is 1. The van der Waals surface area contributed by atoms with Crippen molar-refractivity contribution in [2.45, 2.75) is 38.3 Å². The monoisotopic (exact) mass is 455 g/mol. The minimum atomic E-state index is -0.472. The molecule has 2 aromatic carbocycles. The number of halogens is 1. The van der Waals surface area contributed by atoms with Crippen LogP contribution in [0.5, 0.6) is 11.5 Å². The molecule has 0 atom stereocenters. The zero-order valence-corrected chi connectivity index (χ0v) is 18.2. The smallest absolute Gasteiger partial charge is 0.269 e. The number of methoxy groups -OCH3 is 1. The van der Waals surface area contributed by atoms with Crippen molar-refractivity contribution in [2.75, 3.05) is 7.11 Å². The standard InChI is InChI=1S/C23H22ClN3O5/c1-31-21-12-16(10-17(13-25)23(28)26-18-4-2-3-5-18)11-20(24)22(21)32-14-15-6-8-19(9-7-15)27(29)30/h6-12,18H,2-5,14H2,1H3,(H,26,28)/b17-10-. The predicted octanol–water partition coefficient (Wildman–Crippen LogP) is 4.80. The summed E-state index contributed by atoms with van der Waals surface area (Å²) in [7, 11) is 1.45. The number of benzene rings is 2. The number of non-ortho nitro benzene ring substituents is 1. The summed E-state index contributed by atoms with van der Waals surface area (Å²) in [5, 5.41) is 23.3. The van der Waals surface area contributed by atoms with Gasteiger partial charge in [-0.15, -0.1) is 0 Å². The van der Waals surface area contributed by atoms with E-state index in [9.17, 15) is 20.2 Å². The second-order valence-electron chi connectivity index (χ2n) is 7.37. The van der Waals surface area contributed by atoms with E-state index in [1.165, 1.54) is 25.3 Å². The van der Waals surface area contributed by atoms with Gasteiger partial charge in [0.1, 0.15) is 18.2 Å². The minimum Gasteiger partial charge on any atom is -0.493 e. The Hall–Kier alpha value is -3.57. The molecule has 3 rings (SSSR count). The van der Waals surface area contributed by atoms with Gasteiger partial charge in [-0.3, -0.25) is 14.9 Å². The van der Waals surface area contributed by atoms with Crippen molar-refractivity contribution in [2.24, 2.45) is 0 Å². The van der Waals surface area contributed by atoms with Crippen LogP contribution in [-0.4, -0.2) is 24.0 Å². The molecule has 1 amide bonds. The lowest BCUT2D eigenvalue weighted by atomic mass is 10.1. The Labute approximate surface area is 190 Å². The highest BCUT2D eigenvalue weighted by Gasteiger charge is 2.20. The van der Waals surface area contributed by atoms with Crippen LogP contribution in [0.1, 0.15) is 36.8 Å². The molecule has 0 saturated heterocycles. The summed E-state index contributed by atoms with van der Waals surface area (Å²) in [6, 6.07) is 11.2. The van der Waals surface area contributed by atoms with Crippen molar-refractivity contribution in [3.05, 3.63) is 68.2 Å². The fourth-order valence-corrected chi connectivity index (χ4v) is 3.75. The van der Waals surface area contributed by atoms with E-state index in [0.29, 0.717) is 22.6 Å². The number of amides is 1. The Kier molecular flexibility index (Phi) is 7.68. The molecule has 1 fully saturated rings. The lowest BCUT2D eigenvalue weighted by Crippen LogP contribution is -2.33. The SMILES string of the molecule is COc1cc(/C=C(/C#N)C(=O)NC2CCCC2)cc(Cl)c1OCc1ccc([N+](=O)[O-])cc1. The van der Waals surface area contributed by atoms with Crippen molar-refractivity contribution in [3.8, 4) is 17.6 Å². The van der Waals surface area contributed by atoms with Gasteiger partial charge >= 0.3 is 0 Å². The number of ether oxygens (including phenoxy) is 2. The maximum Gasteiger partial charge on any atom is 0.269 e. The Bertz CT molecular complexity index is 1070. The third-order valence-corrected chi connectivity index (χ3v) is 5.43. The Balaban J connectivity index is 1.76. The molecular weight excluding hydrogens is 434 g/mol. The number of nitro groups is 1. The van der Waals surface area contributed by atoms with Gasteiger partial charge in [-0.25, -0.2) is 0 Å². The highest BCUT2D eigenvalue weighted by Crippen LogP contribution is 2.37. The molecule has 9 heteroatoms. The van der Waals surface area contributed by atoms with Gasteiger partial charge in [0.15, 0.2) is 11.5 Å². The summed E-state index contributed by atoms with van der Waals surface area (Å²) in [4.78, 5) is 22.7. The van der Waals surface area contributed by atoms with E-state index in [1.54, 1.807) is 24.3 Å². The molecule has 32 heavy (non-hydrogen) atoms. The number of nitrogens with zero attached hydrogens (tertiary/aromatic N) is 2. The van der Waals surface area contributed by atoms with Crippen LogP contribution in [0, 0.1) is 21.4 Å². The topological polar surface area (TPSA) is 114 Å². The maximum atomic E-state index is 12.4. The number of hydrogen-bond acceptors (Lipinski definition) is 6. The quantitative estimate of drug-likeness (QED) is 0.264. The fourth-order valence-electron chi connectivity index (χ4n) is 3.48. The molecule has 8 nitrogen and oxygen atoms in total. The van der Waals surface area contributed by atoms with E-state index in [-0.39, 0.29) is 28.9 Å². The van der Waals surface area contributed by atoms with Crippen molar-refractivity contribution in [3.63, 3.8) is 0 Å². The first-order valence-corrected chi connectivity index (χ1v) is 10.5. The van der Waals surface area contributed by atoms with Crippen LogP contribution in [0.15, 0.2) is 42.0 Å². The Morgan fingerprint density at radius 2 is 2.00 bits per heavy atom. The molecule has 1 N–H and O–H groups in total. The van der Waals surface area contributed by atoms with E-state index in [2.05, 4.69) is 5.32 Å². The van der Waals surface area contributed by atoms with E-state index in [4.69, 9.17) is 21.1 Å². The number of hydrogen-bond donors (Lipinski definition) is 1. The predicted molar refractivity (Wildman–Crippen MR) is 119 cm³/mol. The number of carbonyl (C=O) groups is 1. The largest absolute Gasteiger partial charge is 0.493 e. The fraction of sp³-hybridized carbons (Fsp3) is 0.304.